The van der Waals surface area contributed by atoms with E-state index in [1.165, 1.54) is 0 Å². The molecule has 0 aromatic carbocycles. The molecule has 0 saturated heterocycles. The first-order valence-electron chi connectivity index (χ1n) is 4.47. The van der Waals surface area contributed by atoms with E-state index >= 15 is 0 Å². The molecule has 0 aliphatic heterocycles. The smallest absolute Gasteiger partial charge is 0.347 e. The number of thiazole rings is 1. The van der Waals surface area contributed by atoms with Crippen LogP contribution >= 0.6 is 11.3 Å². The second kappa shape index (κ2) is 3.93. The summed E-state index contributed by atoms with van der Waals surface area (Å²) in [4.78, 5) is 15.1. The number of hydrogen-bond donors (Lipinski definition) is 2. The zero-order valence-corrected chi connectivity index (χ0v) is 9.46. The van der Waals surface area contributed by atoms with Crippen molar-refractivity contribution in [3.8, 4) is 0 Å². The lowest BCUT2D eigenvalue weighted by Gasteiger charge is -1.92. The number of carbonyl (C=O) groups is 1. The van der Waals surface area contributed by atoms with Gasteiger partial charge in [-0.3, -0.25) is 0 Å². The largest absolute Gasteiger partial charge is 0.477 e. The van der Waals surface area contributed by atoms with E-state index in [1.807, 2.05) is 0 Å². The Morgan fingerprint density at radius 1 is 1.56 bits per heavy atom. The monoisotopic (exact) mass is 239 g/mol. The molecule has 0 fully saturated rings. The summed E-state index contributed by atoms with van der Waals surface area (Å²) >= 11 is 1.07. The maximum Gasteiger partial charge on any atom is 0.347 e. The topological polar surface area (TPSA) is 88.2 Å². The average Bonchev–Trinajstić information content (AvgIpc) is 2.73. The van der Waals surface area contributed by atoms with Gasteiger partial charge in [0.15, 0.2) is 10.9 Å². The third-order valence-corrected chi connectivity index (χ3v) is 2.91. The van der Waals surface area contributed by atoms with Crippen LogP contribution in [0.2, 0.25) is 0 Å². The van der Waals surface area contributed by atoms with Crippen molar-refractivity contribution in [3.05, 3.63) is 22.4 Å². The van der Waals surface area contributed by atoms with Gasteiger partial charge in [0.05, 0.1) is 5.69 Å². The summed E-state index contributed by atoms with van der Waals surface area (Å²) < 4.78 is 4.87. The normalized spacial score (nSPS) is 10.4. The fourth-order valence-corrected chi connectivity index (χ4v) is 2.00. The Morgan fingerprint density at radius 2 is 2.31 bits per heavy atom. The highest BCUT2D eigenvalue weighted by Crippen LogP contribution is 2.25. The van der Waals surface area contributed by atoms with Crippen molar-refractivity contribution in [2.24, 2.45) is 0 Å². The van der Waals surface area contributed by atoms with Crippen LogP contribution in [0.1, 0.15) is 21.1 Å². The van der Waals surface area contributed by atoms with Crippen LogP contribution < -0.4 is 5.32 Å². The van der Waals surface area contributed by atoms with Gasteiger partial charge in [0.25, 0.3) is 0 Å². The molecule has 0 aliphatic rings. The van der Waals surface area contributed by atoms with Crippen LogP contribution in [-0.4, -0.2) is 21.2 Å². The van der Waals surface area contributed by atoms with Crippen molar-refractivity contribution < 1.29 is 14.4 Å². The summed E-state index contributed by atoms with van der Waals surface area (Å²) in [6.45, 7) is 3.42. The Bertz CT molecular complexity index is 532. The molecule has 84 valence electrons. The zero-order valence-electron chi connectivity index (χ0n) is 8.64. The number of nitrogens with one attached hydrogen (secondary N) is 1. The van der Waals surface area contributed by atoms with Gasteiger partial charge in [0.1, 0.15) is 10.6 Å². The van der Waals surface area contributed by atoms with Crippen molar-refractivity contribution in [2.45, 2.75) is 13.8 Å². The number of hydrogen-bond acceptors (Lipinski definition) is 6. The van der Waals surface area contributed by atoms with E-state index in [1.54, 1.807) is 19.9 Å². The van der Waals surface area contributed by atoms with Crippen molar-refractivity contribution in [1.82, 2.24) is 10.1 Å². The molecule has 0 radical (unpaired) electrons. The first-order chi connectivity index (χ1) is 7.56. The first-order valence-corrected chi connectivity index (χ1v) is 5.29. The summed E-state index contributed by atoms with van der Waals surface area (Å²) in [7, 11) is 0. The number of anilines is 2. The minimum atomic E-state index is -0.973. The molecule has 2 aromatic rings. The third kappa shape index (κ3) is 2.03. The fourth-order valence-electron chi connectivity index (χ4n) is 1.18. The van der Waals surface area contributed by atoms with Gasteiger partial charge in [0, 0.05) is 6.07 Å². The predicted molar refractivity (Wildman–Crippen MR) is 58.3 cm³/mol. The van der Waals surface area contributed by atoms with Gasteiger partial charge in [0.2, 0.25) is 0 Å². The Morgan fingerprint density at radius 3 is 2.81 bits per heavy atom. The highest BCUT2D eigenvalue weighted by molar-refractivity contribution is 7.17. The van der Waals surface area contributed by atoms with Crippen molar-refractivity contribution >= 4 is 28.3 Å². The Labute approximate surface area is 94.9 Å². The molecule has 2 rings (SSSR count). The van der Waals surface area contributed by atoms with Crippen molar-refractivity contribution in [2.75, 3.05) is 5.32 Å². The number of rotatable bonds is 3. The number of aryl methyl sites for hydroxylation is 2. The molecule has 0 unspecified atom stereocenters. The van der Waals surface area contributed by atoms with E-state index in [9.17, 15) is 4.79 Å². The highest BCUT2D eigenvalue weighted by atomic mass is 32.1. The van der Waals surface area contributed by atoms with E-state index in [4.69, 9.17) is 9.63 Å². The van der Waals surface area contributed by atoms with Gasteiger partial charge in [-0.25, -0.2) is 9.78 Å². The van der Waals surface area contributed by atoms with E-state index in [0.29, 0.717) is 22.4 Å². The van der Waals surface area contributed by atoms with Crippen LogP contribution in [0.3, 0.4) is 0 Å². The molecule has 2 heterocycles. The van der Waals surface area contributed by atoms with Crippen molar-refractivity contribution in [1.29, 1.82) is 0 Å². The van der Waals surface area contributed by atoms with E-state index in [-0.39, 0.29) is 4.88 Å². The number of nitrogens with zero attached hydrogens (tertiary/aromatic N) is 2. The van der Waals surface area contributed by atoms with Crippen LogP contribution in [0.4, 0.5) is 10.9 Å². The van der Waals surface area contributed by atoms with Gasteiger partial charge in [-0.1, -0.05) is 16.5 Å². The number of carboxylic acid groups (broad SMARTS) is 1. The minimum Gasteiger partial charge on any atom is -0.477 e. The van der Waals surface area contributed by atoms with Crippen molar-refractivity contribution in [3.63, 3.8) is 0 Å². The molecule has 7 heteroatoms. The first kappa shape index (κ1) is 10.6. The molecule has 0 spiro atoms. The molecule has 0 atom stereocenters. The maximum absolute atomic E-state index is 10.8. The lowest BCUT2D eigenvalue weighted by Crippen LogP contribution is -1.94. The van der Waals surface area contributed by atoms with Gasteiger partial charge < -0.3 is 14.9 Å². The maximum atomic E-state index is 10.8. The molecule has 0 amide bonds. The lowest BCUT2D eigenvalue weighted by molar-refractivity contribution is 0.0701. The predicted octanol–water partition coefficient (Wildman–Crippen LogP) is 2.19. The van der Waals surface area contributed by atoms with E-state index in [2.05, 4.69) is 15.5 Å². The molecular weight excluding hydrogens is 230 g/mol. The van der Waals surface area contributed by atoms with E-state index < -0.39 is 5.97 Å². The summed E-state index contributed by atoms with van der Waals surface area (Å²) in [6, 6.07) is 1.71. The molecule has 0 aliphatic carbocycles. The lowest BCUT2D eigenvalue weighted by atomic mass is 10.4. The standard InChI is InChI=1S/C9H9N3O3S/c1-4-3-6(12-15-4)11-9-10-5(2)7(16-9)8(13)14/h3H,1-2H3,(H,13,14)(H,10,11,12). The zero-order chi connectivity index (χ0) is 11.7. The van der Waals surface area contributed by atoms with Crippen LogP contribution in [0.5, 0.6) is 0 Å². The Balaban J connectivity index is 2.22. The second-order valence-corrected chi connectivity index (χ2v) is 4.19. The van der Waals surface area contributed by atoms with Gasteiger partial charge in [-0.05, 0) is 13.8 Å². The number of aromatic nitrogens is 2. The Hall–Kier alpha value is -1.89. The minimum absolute atomic E-state index is 0.225. The second-order valence-electron chi connectivity index (χ2n) is 3.19. The van der Waals surface area contributed by atoms with Crippen LogP contribution in [0, 0.1) is 13.8 Å². The SMILES string of the molecule is Cc1cc(Nc2nc(C)c(C(=O)O)s2)no1. The third-order valence-electron chi connectivity index (χ3n) is 1.85. The number of aromatic carboxylic acids is 1. The molecular formula is C9H9N3O3S. The average molecular weight is 239 g/mol. The summed E-state index contributed by atoms with van der Waals surface area (Å²) in [5, 5.41) is 16.0. The Kier molecular flexibility index (Phi) is 2.61. The van der Waals surface area contributed by atoms with Gasteiger partial charge in [-0.15, -0.1) is 0 Å². The van der Waals surface area contributed by atoms with E-state index in [0.717, 1.165) is 11.3 Å². The van der Waals surface area contributed by atoms with Crippen LogP contribution in [0.15, 0.2) is 10.6 Å². The molecule has 2 N–H and O–H groups in total. The quantitative estimate of drug-likeness (QED) is 0.853. The molecule has 6 nitrogen and oxygen atoms in total. The van der Waals surface area contributed by atoms with Gasteiger partial charge in [-0.2, -0.15) is 0 Å². The highest BCUT2D eigenvalue weighted by Gasteiger charge is 2.14. The molecule has 0 saturated carbocycles. The van der Waals surface area contributed by atoms with Crippen LogP contribution in [0.25, 0.3) is 0 Å². The molecule has 0 bridgehead atoms. The number of carboxylic acids is 1. The summed E-state index contributed by atoms with van der Waals surface area (Å²) in [5.74, 6) is 0.219. The fraction of sp³-hybridized carbons (Fsp3) is 0.222. The summed E-state index contributed by atoms with van der Waals surface area (Å²) in [6.07, 6.45) is 0. The molecule has 16 heavy (non-hydrogen) atoms. The van der Waals surface area contributed by atoms with Crippen LogP contribution in [-0.2, 0) is 0 Å². The van der Waals surface area contributed by atoms with Gasteiger partial charge >= 0.3 is 5.97 Å². The summed E-state index contributed by atoms with van der Waals surface area (Å²) in [5.41, 5.74) is 0.486. The molecule has 2 aromatic heterocycles.